The molecule has 1 aromatic carbocycles. The molecule has 1 fully saturated rings. The standard InChI is InChI=1S/C18H28N2O/c1-3-20(13-11-16-9-5-4-6-10-16)17(21)18(19)12-7-8-15(2)14-18/h4-6,9-10,15H,3,7-8,11-14,19H2,1-2H3. The topological polar surface area (TPSA) is 46.3 Å². The Labute approximate surface area is 128 Å². The zero-order valence-electron chi connectivity index (χ0n) is 13.3. The highest BCUT2D eigenvalue weighted by atomic mass is 16.2. The molecule has 1 aliphatic rings. The molecule has 116 valence electrons. The molecule has 0 spiro atoms. The fourth-order valence-corrected chi connectivity index (χ4v) is 3.41. The van der Waals surface area contributed by atoms with Gasteiger partial charge < -0.3 is 10.6 Å². The van der Waals surface area contributed by atoms with Gasteiger partial charge in [-0.1, -0.05) is 50.1 Å². The Morgan fingerprint density at radius 2 is 2.10 bits per heavy atom. The van der Waals surface area contributed by atoms with E-state index in [-0.39, 0.29) is 5.91 Å². The largest absolute Gasteiger partial charge is 0.341 e. The van der Waals surface area contributed by atoms with Crippen molar-refractivity contribution in [2.75, 3.05) is 13.1 Å². The van der Waals surface area contributed by atoms with E-state index in [9.17, 15) is 4.79 Å². The Kier molecular flexibility index (Phi) is 5.40. The highest BCUT2D eigenvalue weighted by Gasteiger charge is 2.40. The first-order chi connectivity index (χ1) is 10.0. The summed E-state index contributed by atoms with van der Waals surface area (Å²) in [6, 6.07) is 10.3. The number of nitrogens with two attached hydrogens (primary N) is 1. The third-order valence-corrected chi connectivity index (χ3v) is 4.64. The van der Waals surface area contributed by atoms with E-state index in [1.165, 1.54) is 12.0 Å². The lowest BCUT2D eigenvalue weighted by Crippen LogP contribution is -2.57. The molecule has 0 aliphatic heterocycles. The van der Waals surface area contributed by atoms with E-state index < -0.39 is 5.54 Å². The number of rotatable bonds is 5. The molecule has 2 unspecified atom stereocenters. The average Bonchev–Trinajstić information content (AvgIpc) is 2.48. The highest BCUT2D eigenvalue weighted by molar-refractivity contribution is 5.86. The number of carbonyl (C=O) groups is 1. The molecule has 2 atom stereocenters. The SMILES string of the molecule is CCN(CCc1ccccc1)C(=O)C1(N)CCCC(C)C1. The third-order valence-electron chi connectivity index (χ3n) is 4.64. The number of amides is 1. The van der Waals surface area contributed by atoms with Gasteiger partial charge in [0.15, 0.2) is 0 Å². The summed E-state index contributed by atoms with van der Waals surface area (Å²) < 4.78 is 0. The van der Waals surface area contributed by atoms with Crippen LogP contribution in [0.5, 0.6) is 0 Å². The molecule has 2 N–H and O–H groups in total. The Morgan fingerprint density at radius 3 is 2.71 bits per heavy atom. The maximum atomic E-state index is 12.8. The van der Waals surface area contributed by atoms with Crippen LogP contribution in [-0.4, -0.2) is 29.4 Å². The van der Waals surface area contributed by atoms with Crippen molar-refractivity contribution < 1.29 is 4.79 Å². The molecule has 0 saturated heterocycles. The maximum absolute atomic E-state index is 12.8. The molecule has 0 bridgehead atoms. The molecule has 1 aromatic rings. The monoisotopic (exact) mass is 288 g/mol. The average molecular weight is 288 g/mol. The molecule has 1 aliphatic carbocycles. The van der Waals surface area contributed by atoms with Crippen LogP contribution in [-0.2, 0) is 11.2 Å². The minimum Gasteiger partial charge on any atom is -0.341 e. The summed E-state index contributed by atoms with van der Waals surface area (Å²) >= 11 is 0. The first-order valence-corrected chi connectivity index (χ1v) is 8.17. The van der Waals surface area contributed by atoms with Crippen molar-refractivity contribution in [2.24, 2.45) is 11.7 Å². The van der Waals surface area contributed by atoms with E-state index >= 15 is 0 Å². The fraction of sp³-hybridized carbons (Fsp3) is 0.611. The minimum absolute atomic E-state index is 0.146. The van der Waals surface area contributed by atoms with E-state index in [4.69, 9.17) is 5.73 Å². The number of likely N-dealkylation sites (N-methyl/N-ethyl adjacent to an activating group) is 1. The molecule has 0 heterocycles. The molecule has 21 heavy (non-hydrogen) atoms. The number of benzene rings is 1. The minimum atomic E-state index is -0.635. The molecule has 3 heteroatoms. The molecular formula is C18H28N2O. The number of hydrogen-bond donors (Lipinski definition) is 1. The lowest BCUT2D eigenvalue weighted by Gasteiger charge is -2.39. The molecule has 3 nitrogen and oxygen atoms in total. The van der Waals surface area contributed by atoms with E-state index in [0.717, 1.165) is 38.8 Å². The summed E-state index contributed by atoms with van der Waals surface area (Å²) in [5.74, 6) is 0.702. The van der Waals surface area contributed by atoms with Gasteiger partial charge in [-0.25, -0.2) is 0 Å². The molecule has 1 amide bonds. The molecular weight excluding hydrogens is 260 g/mol. The Hall–Kier alpha value is -1.35. The lowest BCUT2D eigenvalue weighted by molar-refractivity contribution is -0.138. The zero-order valence-corrected chi connectivity index (χ0v) is 13.3. The van der Waals surface area contributed by atoms with Crippen molar-refractivity contribution in [1.29, 1.82) is 0 Å². The molecule has 2 rings (SSSR count). The van der Waals surface area contributed by atoms with Crippen LogP contribution in [0.25, 0.3) is 0 Å². The predicted octanol–water partition coefficient (Wildman–Crippen LogP) is 2.99. The van der Waals surface area contributed by atoms with Crippen LogP contribution in [0.2, 0.25) is 0 Å². The van der Waals surface area contributed by atoms with Gasteiger partial charge in [0.05, 0.1) is 5.54 Å². The molecule has 0 aromatic heterocycles. The summed E-state index contributed by atoms with van der Waals surface area (Å²) in [6.07, 6.45) is 4.82. The van der Waals surface area contributed by atoms with Crippen molar-refractivity contribution in [2.45, 2.75) is 51.5 Å². The molecule has 0 radical (unpaired) electrons. The van der Waals surface area contributed by atoms with Crippen LogP contribution in [0.1, 0.15) is 45.1 Å². The van der Waals surface area contributed by atoms with Gasteiger partial charge >= 0.3 is 0 Å². The van der Waals surface area contributed by atoms with Crippen molar-refractivity contribution in [3.63, 3.8) is 0 Å². The first-order valence-electron chi connectivity index (χ1n) is 8.17. The van der Waals surface area contributed by atoms with Gasteiger partial charge in [-0.15, -0.1) is 0 Å². The number of hydrogen-bond acceptors (Lipinski definition) is 2. The van der Waals surface area contributed by atoms with Crippen LogP contribution >= 0.6 is 0 Å². The molecule has 1 saturated carbocycles. The highest BCUT2D eigenvalue weighted by Crippen LogP contribution is 2.31. The van der Waals surface area contributed by atoms with Gasteiger partial charge in [0.1, 0.15) is 0 Å². The van der Waals surface area contributed by atoms with Crippen LogP contribution in [0.15, 0.2) is 30.3 Å². The van der Waals surface area contributed by atoms with Crippen LogP contribution in [0, 0.1) is 5.92 Å². The van der Waals surface area contributed by atoms with Gasteiger partial charge in [0.2, 0.25) is 5.91 Å². The summed E-state index contributed by atoms with van der Waals surface area (Å²) in [7, 11) is 0. The van der Waals surface area contributed by atoms with Crippen molar-refractivity contribution >= 4 is 5.91 Å². The van der Waals surface area contributed by atoms with E-state index in [0.29, 0.717) is 5.92 Å². The number of carbonyl (C=O) groups excluding carboxylic acids is 1. The van der Waals surface area contributed by atoms with Gasteiger partial charge in [0.25, 0.3) is 0 Å². The third kappa shape index (κ3) is 4.07. The number of nitrogens with zero attached hydrogens (tertiary/aromatic N) is 1. The first kappa shape index (κ1) is 16.0. The smallest absolute Gasteiger partial charge is 0.242 e. The lowest BCUT2D eigenvalue weighted by atomic mass is 9.76. The quantitative estimate of drug-likeness (QED) is 0.905. The van der Waals surface area contributed by atoms with Crippen LogP contribution in [0.3, 0.4) is 0 Å². The Bertz CT molecular complexity index is 460. The van der Waals surface area contributed by atoms with Crippen molar-refractivity contribution in [3.05, 3.63) is 35.9 Å². The van der Waals surface area contributed by atoms with Gasteiger partial charge in [-0.2, -0.15) is 0 Å². The summed E-state index contributed by atoms with van der Waals surface area (Å²) in [6.45, 7) is 5.73. The van der Waals surface area contributed by atoms with E-state index in [1.54, 1.807) is 0 Å². The Morgan fingerprint density at radius 1 is 1.38 bits per heavy atom. The van der Waals surface area contributed by atoms with Gasteiger partial charge in [0, 0.05) is 13.1 Å². The predicted molar refractivity (Wildman–Crippen MR) is 87.0 cm³/mol. The maximum Gasteiger partial charge on any atom is 0.242 e. The summed E-state index contributed by atoms with van der Waals surface area (Å²) in [4.78, 5) is 14.8. The zero-order chi connectivity index (χ0) is 15.3. The van der Waals surface area contributed by atoms with Gasteiger partial charge in [-0.05, 0) is 37.7 Å². The summed E-state index contributed by atoms with van der Waals surface area (Å²) in [5, 5.41) is 0. The van der Waals surface area contributed by atoms with Crippen LogP contribution < -0.4 is 5.73 Å². The van der Waals surface area contributed by atoms with E-state index in [1.807, 2.05) is 30.0 Å². The van der Waals surface area contributed by atoms with E-state index in [2.05, 4.69) is 19.1 Å². The Balaban J connectivity index is 1.98. The van der Waals surface area contributed by atoms with Crippen molar-refractivity contribution in [3.8, 4) is 0 Å². The van der Waals surface area contributed by atoms with Crippen molar-refractivity contribution in [1.82, 2.24) is 4.90 Å². The normalized spacial score (nSPS) is 25.6. The van der Waals surface area contributed by atoms with Gasteiger partial charge in [-0.3, -0.25) is 4.79 Å². The second-order valence-electron chi connectivity index (χ2n) is 6.48. The van der Waals surface area contributed by atoms with Crippen LogP contribution in [0.4, 0.5) is 0 Å². The second-order valence-corrected chi connectivity index (χ2v) is 6.48. The second kappa shape index (κ2) is 7.08. The fourth-order valence-electron chi connectivity index (χ4n) is 3.41. The summed E-state index contributed by atoms with van der Waals surface area (Å²) in [5.41, 5.74) is 7.08.